The average Bonchev–Trinajstić information content (AvgIpc) is 2.48. The second kappa shape index (κ2) is 6.83. The Morgan fingerprint density at radius 1 is 1.20 bits per heavy atom. The first-order chi connectivity index (χ1) is 9.74. The van der Waals surface area contributed by atoms with E-state index in [-0.39, 0.29) is 0 Å². The topological polar surface area (TPSA) is 45.0 Å². The summed E-state index contributed by atoms with van der Waals surface area (Å²) < 4.78 is 5.12. The molecular formula is C16H15ClN2O. The van der Waals surface area contributed by atoms with Crippen molar-refractivity contribution in [1.82, 2.24) is 0 Å². The molecular weight excluding hydrogens is 272 g/mol. The van der Waals surface area contributed by atoms with E-state index in [2.05, 4.69) is 11.4 Å². The third-order valence-electron chi connectivity index (χ3n) is 3.01. The molecule has 0 aliphatic rings. The Balaban J connectivity index is 1.96. The van der Waals surface area contributed by atoms with Gasteiger partial charge in [-0.1, -0.05) is 29.8 Å². The molecule has 2 rings (SSSR count). The van der Waals surface area contributed by atoms with E-state index in [4.69, 9.17) is 21.6 Å². The predicted octanol–water partition coefficient (Wildman–Crippen LogP) is 3.87. The maximum absolute atomic E-state index is 9.08. The highest BCUT2D eigenvalue weighted by molar-refractivity contribution is 6.32. The van der Waals surface area contributed by atoms with Crippen LogP contribution in [0.25, 0.3) is 0 Å². The van der Waals surface area contributed by atoms with Crippen molar-refractivity contribution >= 4 is 17.3 Å². The molecule has 0 aliphatic carbocycles. The maximum Gasteiger partial charge on any atom is 0.118 e. The van der Waals surface area contributed by atoms with Crippen molar-refractivity contribution in [2.45, 2.75) is 6.42 Å². The second-order valence-electron chi connectivity index (χ2n) is 4.30. The summed E-state index contributed by atoms with van der Waals surface area (Å²) in [6, 6.07) is 15.5. The van der Waals surface area contributed by atoms with E-state index < -0.39 is 0 Å². The van der Waals surface area contributed by atoms with Crippen LogP contribution in [-0.2, 0) is 6.42 Å². The third-order valence-corrected chi connectivity index (χ3v) is 3.33. The van der Waals surface area contributed by atoms with Crippen LogP contribution < -0.4 is 10.1 Å². The molecule has 0 amide bonds. The van der Waals surface area contributed by atoms with Gasteiger partial charge < -0.3 is 10.1 Å². The minimum absolute atomic E-state index is 0.474. The fourth-order valence-corrected chi connectivity index (χ4v) is 2.14. The zero-order valence-electron chi connectivity index (χ0n) is 11.2. The number of rotatable bonds is 5. The molecule has 1 N–H and O–H groups in total. The largest absolute Gasteiger partial charge is 0.497 e. The molecule has 0 heterocycles. The van der Waals surface area contributed by atoms with E-state index in [0.717, 1.165) is 24.4 Å². The van der Waals surface area contributed by atoms with E-state index in [1.54, 1.807) is 13.2 Å². The summed E-state index contributed by atoms with van der Waals surface area (Å²) in [6.07, 6.45) is 0.862. The SMILES string of the molecule is COc1ccc(CCNc2cccc(Cl)c2C#N)cc1. The molecule has 0 spiro atoms. The maximum atomic E-state index is 9.08. The van der Waals surface area contributed by atoms with Gasteiger partial charge >= 0.3 is 0 Å². The zero-order chi connectivity index (χ0) is 14.4. The molecule has 2 aromatic rings. The van der Waals surface area contributed by atoms with Crippen molar-refractivity contribution in [1.29, 1.82) is 5.26 Å². The van der Waals surface area contributed by atoms with Crippen molar-refractivity contribution in [2.24, 2.45) is 0 Å². The van der Waals surface area contributed by atoms with Gasteiger partial charge in [0, 0.05) is 6.54 Å². The van der Waals surface area contributed by atoms with E-state index in [1.165, 1.54) is 5.56 Å². The Morgan fingerprint density at radius 2 is 1.95 bits per heavy atom. The van der Waals surface area contributed by atoms with Crippen LogP contribution in [0.3, 0.4) is 0 Å². The lowest BCUT2D eigenvalue weighted by Crippen LogP contribution is -2.06. The Labute approximate surface area is 123 Å². The standard InChI is InChI=1S/C16H15ClN2O/c1-20-13-7-5-12(6-8-13)9-10-19-16-4-2-3-15(17)14(16)11-18/h2-8,19H,9-10H2,1H3. The van der Waals surface area contributed by atoms with Crippen molar-refractivity contribution in [3.05, 3.63) is 58.6 Å². The number of nitrogens with zero attached hydrogens (tertiary/aromatic N) is 1. The molecule has 102 valence electrons. The molecule has 2 aromatic carbocycles. The van der Waals surface area contributed by atoms with E-state index >= 15 is 0 Å². The molecule has 20 heavy (non-hydrogen) atoms. The number of benzene rings is 2. The van der Waals surface area contributed by atoms with E-state index in [1.807, 2.05) is 36.4 Å². The minimum Gasteiger partial charge on any atom is -0.497 e. The lowest BCUT2D eigenvalue weighted by molar-refractivity contribution is 0.414. The summed E-state index contributed by atoms with van der Waals surface area (Å²) in [5, 5.41) is 12.8. The van der Waals surface area contributed by atoms with Crippen molar-refractivity contribution < 1.29 is 4.74 Å². The number of hydrogen-bond acceptors (Lipinski definition) is 3. The highest BCUT2D eigenvalue weighted by Gasteiger charge is 2.05. The number of nitrogens with one attached hydrogen (secondary N) is 1. The van der Waals surface area contributed by atoms with Gasteiger partial charge in [-0.15, -0.1) is 0 Å². The van der Waals surface area contributed by atoms with Crippen LogP contribution in [0, 0.1) is 11.3 Å². The molecule has 0 fully saturated rings. The van der Waals surface area contributed by atoms with Gasteiger partial charge in [-0.2, -0.15) is 5.26 Å². The van der Waals surface area contributed by atoms with Crippen LogP contribution in [0.2, 0.25) is 5.02 Å². The average molecular weight is 287 g/mol. The number of hydrogen-bond donors (Lipinski definition) is 1. The number of anilines is 1. The highest BCUT2D eigenvalue weighted by atomic mass is 35.5. The molecule has 4 heteroatoms. The second-order valence-corrected chi connectivity index (χ2v) is 4.71. The first kappa shape index (κ1) is 14.2. The number of ether oxygens (including phenoxy) is 1. The van der Waals surface area contributed by atoms with Gasteiger partial charge in [0.25, 0.3) is 0 Å². The van der Waals surface area contributed by atoms with Gasteiger partial charge in [-0.05, 0) is 36.2 Å². The van der Waals surface area contributed by atoms with Crippen molar-refractivity contribution in [3.8, 4) is 11.8 Å². The van der Waals surface area contributed by atoms with Gasteiger partial charge in [0.2, 0.25) is 0 Å². The summed E-state index contributed by atoms with van der Waals surface area (Å²) in [6.45, 7) is 0.737. The molecule has 0 unspecified atom stereocenters. The zero-order valence-corrected chi connectivity index (χ0v) is 11.9. The number of halogens is 1. The van der Waals surface area contributed by atoms with Gasteiger partial charge in [-0.3, -0.25) is 0 Å². The minimum atomic E-state index is 0.474. The summed E-state index contributed by atoms with van der Waals surface area (Å²) in [5.74, 6) is 0.850. The van der Waals surface area contributed by atoms with Gasteiger partial charge in [0.15, 0.2) is 0 Å². The van der Waals surface area contributed by atoms with Crippen LogP contribution in [0.4, 0.5) is 5.69 Å². The monoisotopic (exact) mass is 286 g/mol. The van der Waals surface area contributed by atoms with Crippen LogP contribution >= 0.6 is 11.6 Å². The normalized spacial score (nSPS) is 9.85. The molecule has 0 saturated carbocycles. The summed E-state index contributed by atoms with van der Waals surface area (Å²) >= 11 is 5.98. The molecule has 0 bridgehead atoms. The predicted molar refractivity (Wildman–Crippen MR) is 81.4 cm³/mol. The first-order valence-corrected chi connectivity index (χ1v) is 6.68. The Morgan fingerprint density at radius 3 is 2.60 bits per heavy atom. The van der Waals surface area contributed by atoms with Gasteiger partial charge in [0.1, 0.15) is 11.8 Å². The molecule has 3 nitrogen and oxygen atoms in total. The first-order valence-electron chi connectivity index (χ1n) is 6.30. The third kappa shape index (κ3) is 3.43. The Kier molecular flexibility index (Phi) is 4.86. The van der Waals surface area contributed by atoms with Crippen LogP contribution in [0.1, 0.15) is 11.1 Å². The van der Waals surface area contributed by atoms with Crippen LogP contribution in [0.15, 0.2) is 42.5 Å². The molecule has 0 aliphatic heterocycles. The van der Waals surface area contributed by atoms with E-state index in [9.17, 15) is 0 Å². The van der Waals surface area contributed by atoms with Gasteiger partial charge in [-0.25, -0.2) is 0 Å². The Hall–Kier alpha value is -2.18. The molecule has 0 radical (unpaired) electrons. The Bertz CT molecular complexity index is 617. The molecule has 0 atom stereocenters. The molecule has 0 saturated heterocycles. The van der Waals surface area contributed by atoms with Gasteiger partial charge in [0.05, 0.1) is 23.4 Å². The van der Waals surface area contributed by atoms with Crippen molar-refractivity contribution in [3.63, 3.8) is 0 Å². The fourth-order valence-electron chi connectivity index (χ4n) is 1.92. The van der Waals surface area contributed by atoms with Crippen LogP contribution in [0.5, 0.6) is 5.75 Å². The van der Waals surface area contributed by atoms with E-state index in [0.29, 0.717) is 10.6 Å². The summed E-state index contributed by atoms with van der Waals surface area (Å²) in [4.78, 5) is 0. The smallest absolute Gasteiger partial charge is 0.118 e. The fraction of sp³-hybridized carbons (Fsp3) is 0.188. The van der Waals surface area contributed by atoms with Crippen LogP contribution in [-0.4, -0.2) is 13.7 Å². The number of methoxy groups -OCH3 is 1. The highest BCUT2D eigenvalue weighted by Crippen LogP contribution is 2.23. The van der Waals surface area contributed by atoms with Crippen molar-refractivity contribution in [2.75, 3.05) is 19.0 Å². The lowest BCUT2D eigenvalue weighted by Gasteiger charge is -2.09. The summed E-state index contributed by atoms with van der Waals surface area (Å²) in [5.41, 5.74) is 2.47. The number of nitriles is 1. The molecule has 0 aromatic heterocycles. The summed E-state index contributed by atoms with van der Waals surface area (Å²) in [7, 11) is 1.65. The lowest BCUT2D eigenvalue weighted by atomic mass is 10.1. The quantitative estimate of drug-likeness (QED) is 0.907.